The van der Waals surface area contributed by atoms with Gasteiger partial charge < -0.3 is 10.1 Å². The topological polar surface area (TPSA) is 60.2 Å². The van der Waals surface area contributed by atoms with Gasteiger partial charge in [-0.25, -0.2) is 9.02 Å². The maximum absolute atomic E-state index is 13.6. The van der Waals surface area contributed by atoms with Crippen molar-refractivity contribution in [2.45, 2.75) is 20.4 Å². The van der Waals surface area contributed by atoms with Gasteiger partial charge in [-0.3, -0.25) is 0 Å². The monoisotopic (exact) mass is 251 g/mol. The predicted molar refractivity (Wildman–Crippen MR) is 63.9 cm³/mol. The molecule has 0 fully saturated rings. The van der Waals surface area contributed by atoms with Crippen LogP contribution in [0.4, 0.5) is 10.1 Å². The molecule has 2 rings (SSSR count). The summed E-state index contributed by atoms with van der Waals surface area (Å²) in [7, 11) is 0. The summed E-state index contributed by atoms with van der Waals surface area (Å²) in [6.45, 7) is 4.48. The Balaban J connectivity index is 2.02. The van der Waals surface area contributed by atoms with Gasteiger partial charge in [-0.05, 0) is 26.0 Å². The third-order valence-corrected chi connectivity index (χ3v) is 2.44. The highest BCUT2D eigenvalue weighted by atomic mass is 19.1. The van der Waals surface area contributed by atoms with E-state index in [4.69, 9.17) is 4.74 Å². The maximum atomic E-state index is 13.6. The Bertz CT molecular complexity index is 528. The first-order chi connectivity index (χ1) is 8.70. The number of nitrogens with one attached hydrogen (secondary N) is 1. The van der Waals surface area contributed by atoms with Crippen LogP contribution in [0, 0.1) is 12.7 Å². The first-order valence-electron chi connectivity index (χ1n) is 5.65. The summed E-state index contributed by atoms with van der Waals surface area (Å²) in [5, 5.41) is 10.4. The Morgan fingerprint density at radius 3 is 2.83 bits per heavy atom. The number of halogens is 1. The molecule has 0 unspecified atom stereocenters. The van der Waals surface area contributed by atoms with Gasteiger partial charge in [-0.1, -0.05) is 10.3 Å². The number of aromatic nitrogens is 2. The fourth-order valence-corrected chi connectivity index (χ4v) is 1.48. The zero-order valence-corrected chi connectivity index (χ0v) is 10.2. The second kappa shape index (κ2) is 5.48. The van der Waals surface area contributed by atoms with Crippen molar-refractivity contribution in [3.63, 3.8) is 0 Å². The molecule has 1 aromatic carbocycles. The zero-order valence-electron chi connectivity index (χ0n) is 10.2. The number of anilines is 1. The minimum Gasteiger partial charge on any atom is -0.491 e. The molecular weight excluding hydrogens is 237 g/mol. The lowest BCUT2D eigenvalue weighted by Crippen LogP contribution is -2.02. The minimum atomic E-state index is -0.392. The smallest absolute Gasteiger partial charge is 0.167 e. The van der Waals surface area contributed by atoms with Gasteiger partial charge in [0.15, 0.2) is 11.6 Å². The first-order valence-corrected chi connectivity index (χ1v) is 5.65. The van der Waals surface area contributed by atoms with E-state index >= 15 is 0 Å². The lowest BCUT2D eigenvalue weighted by atomic mass is 10.2. The number of hydrogen-bond donors (Lipinski definition) is 1. The molecule has 0 saturated carbocycles. The van der Waals surface area contributed by atoms with E-state index in [-0.39, 0.29) is 5.75 Å². The first kappa shape index (κ1) is 12.3. The van der Waals surface area contributed by atoms with Crippen LogP contribution < -0.4 is 10.1 Å². The second-order valence-corrected chi connectivity index (χ2v) is 3.73. The molecular formula is C12H14FN3O2. The summed E-state index contributed by atoms with van der Waals surface area (Å²) in [5.41, 5.74) is 2.07. The van der Waals surface area contributed by atoms with Gasteiger partial charge in [0.2, 0.25) is 0 Å². The molecule has 1 aromatic heterocycles. The molecule has 0 atom stereocenters. The number of hydrogen-bond acceptors (Lipinski definition) is 5. The van der Waals surface area contributed by atoms with E-state index in [0.29, 0.717) is 30.2 Å². The number of nitrogens with zero attached hydrogens (tertiary/aromatic N) is 2. The standard InChI is InChI=1S/C12H14FN3O2/c1-3-17-12-5-4-9(6-10(12)13)14-7-11-8(2)15-18-16-11/h4-6,14H,3,7H2,1-2H3. The van der Waals surface area contributed by atoms with Crippen molar-refractivity contribution >= 4 is 5.69 Å². The molecule has 1 heterocycles. The lowest BCUT2D eigenvalue weighted by molar-refractivity contribution is 0.301. The number of ether oxygens (including phenoxy) is 1. The Morgan fingerprint density at radius 2 is 2.22 bits per heavy atom. The van der Waals surface area contributed by atoms with Gasteiger partial charge in [0, 0.05) is 11.8 Å². The molecule has 0 aliphatic carbocycles. The van der Waals surface area contributed by atoms with E-state index in [9.17, 15) is 4.39 Å². The van der Waals surface area contributed by atoms with Gasteiger partial charge in [-0.2, -0.15) is 0 Å². The lowest BCUT2D eigenvalue weighted by Gasteiger charge is -2.08. The van der Waals surface area contributed by atoms with Crippen molar-refractivity contribution in [2.75, 3.05) is 11.9 Å². The molecule has 2 aromatic rings. The van der Waals surface area contributed by atoms with E-state index < -0.39 is 5.82 Å². The van der Waals surface area contributed by atoms with Crippen molar-refractivity contribution in [3.8, 4) is 5.75 Å². The van der Waals surface area contributed by atoms with Crippen LogP contribution in [0.5, 0.6) is 5.75 Å². The quantitative estimate of drug-likeness (QED) is 0.884. The molecule has 6 heteroatoms. The summed E-state index contributed by atoms with van der Waals surface area (Å²) >= 11 is 0. The van der Waals surface area contributed by atoms with Gasteiger partial charge in [0.05, 0.1) is 13.2 Å². The Labute approximate surface area is 104 Å². The van der Waals surface area contributed by atoms with E-state index in [2.05, 4.69) is 20.3 Å². The van der Waals surface area contributed by atoms with Gasteiger partial charge in [-0.15, -0.1) is 0 Å². The van der Waals surface area contributed by atoms with E-state index in [1.165, 1.54) is 6.07 Å². The van der Waals surface area contributed by atoms with E-state index in [1.807, 2.05) is 6.92 Å². The van der Waals surface area contributed by atoms with Crippen molar-refractivity contribution in [1.29, 1.82) is 0 Å². The van der Waals surface area contributed by atoms with Crippen molar-refractivity contribution in [2.24, 2.45) is 0 Å². The highest BCUT2D eigenvalue weighted by Crippen LogP contribution is 2.21. The molecule has 0 aliphatic heterocycles. The van der Waals surface area contributed by atoms with Crippen molar-refractivity contribution in [3.05, 3.63) is 35.4 Å². The van der Waals surface area contributed by atoms with Crippen LogP contribution in [0.15, 0.2) is 22.8 Å². The van der Waals surface area contributed by atoms with Crippen molar-refractivity contribution in [1.82, 2.24) is 10.3 Å². The Morgan fingerprint density at radius 1 is 1.39 bits per heavy atom. The van der Waals surface area contributed by atoms with Crippen LogP contribution in [0.3, 0.4) is 0 Å². The van der Waals surface area contributed by atoms with Crippen LogP contribution in [0.1, 0.15) is 18.3 Å². The molecule has 96 valence electrons. The molecule has 0 radical (unpaired) electrons. The summed E-state index contributed by atoms with van der Waals surface area (Å²) in [4.78, 5) is 0. The SMILES string of the molecule is CCOc1ccc(NCc2nonc2C)cc1F. The number of rotatable bonds is 5. The molecule has 5 nitrogen and oxygen atoms in total. The summed E-state index contributed by atoms with van der Waals surface area (Å²) in [6.07, 6.45) is 0. The van der Waals surface area contributed by atoms with Crippen LogP contribution >= 0.6 is 0 Å². The fraction of sp³-hybridized carbons (Fsp3) is 0.333. The van der Waals surface area contributed by atoms with Gasteiger partial charge in [0.1, 0.15) is 11.4 Å². The third kappa shape index (κ3) is 2.77. The maximum Gasteiger partial charge on any atom is 0.167 e. The van der Waals surface area contributed by atoms with Crippen LogP contribution in [-0.2, 0) is 6.54 Å². The molecule has 0 amide bonds. The second-order valence-electron chi connectivity index (χ2n) is 3.73. The highest BCUT2D eigenvalue weighted by Gasteiger charge is 2.07. The van der Waals surface area contributed by atoms with E-state index in [1.54, 1.807) is 19.1 Å². The minimum absolute atomic E-state index is 0.252. The molecule has 18 heavy (non-hydrogen) atoms. The number of aryl methyl sites for hydroxylation is 1. The summed E-state index contributed by atoms with van der Waals surface area (Å²) < 4.78 is 23.3. The number of benzene rings is 1. The average molecular weight is 251 g/mol. The Kier molecular flexibility index (Phi) is 3.76. The predicted octanol–water partition coefficient (Wildman–Crippen LogP) is 2.53. The average Bonchev–Trinajstić information content (AvgIpc) is 2.76. The van der Waals surface area contributed by atoms with Gasteiger partial charge >= 0.3 is 0 Å². The molecule has 1 N–H and O–H groups in total. The van der Waals surface area contributed by atoms with Crippen LogP contribution in [-0.4, -0.2) is 16.9 Å². The van der Waals surface area contributed by atoms with E-state index in [0.717, 1.165) is 0 Å². The summed E-state index contributed by atoms with van der Waals surface area (Å²) in [6, 6.07) is 4.72. The third-order valence-electron chi connectivity index (χ3n) is 2.44. The normalized spacial score (nSPS) is 10.4. The fourth-order valence-electron chi connectivity index (χ4n) is 1.48. The largest absolute Gasteiger partial charge is 0.491 e. The van der Waals surface area contributed by atoms with Crippen molar-refractivity contribution < 1.29 is 13.8 Å². The molecule has 0 saturated heterocycles. The zero-order chi connectivity index (χ0) is 13.0. The van der Waals surface area contributed by atoms with Gasteiger partial charge in [0.25, 0.3) is 0 Å². The molecule has 0 spiro atoms. The molecule has 0 bridgehead atoms. The van der Waals surface area contributed by atoms with Crippen LogP contribution in [0.2, 0.25) is 0 Å². The van der Waals surface area contributed by atoms with Crippen LogP contribution in [0.25, 0.3) is 0 Å². The summed E-state index contributed by atoms with van der Waals surface area (Å²) in [5.74, 6) is -0.140. The Hall–Kier alpha value is -2.11. The highest BCUT2D eigenvalue weighted by molar-refractivity contribution is 5.47. The molecule has 0 aliphatic rings.